The highest BCUT2D eigenvalue weighted by atomic mass is 32.2. The van der Waals surface area contributed by atoms with Crippen LogP contribution < -0.4 is 5.56 Å². The molecule has 1 fully saturated rings. The maximum absolute atomic E-state index is 13.4. The lowest BCUT2D eigenvalue weighted by molar-refractivity contribution is -0.171. The maximum atomic E-state index is 13.4. The molecule has 4 atom stereocenters. The number of pyridine rings is 1. The summed E-state index contributed by atoms with van der Waals surface area (Å²) in [5.41, 5.74) is 0.491. The van der Waals surface area contributed by atoms with Crippen LogP contribution in [0.15, 0.2) is 119 Å². The lowest BCUT2D eigenvalue weighted by Gasteiger charge is -2.34. The molecule has 10 nitrogen and oxygen atoms in total. The minimum atomic E-state index is -4.27. The Balaban J connectivity index is 1.55. The molecule has 0 amide bonds. The SMILES string of the molecule is CC(=O)O[C@H]1[C@H](n2ccccc2=O)O[C@@](COCc2ccccc2)(COS(=O)(=O)c2ccc(C)cc2)[C@H]1OCc1ccccc1. The molecule has 236 valence electrons. The van der Waals surface area contributed by atoms with Gasteiger partial charge in [-0.15, -0.1) is 0 Å². The van der Waals surface area contributed by atoms with Gasteiger partial charge in [0.25, 0.3) is 15.7 Å². The minimum Gasteiger partial charge on any atom is -0.455 e. The highest BCUT2D eigenvalue weighted by Gasteiger charge is 2.59. The number of carbonyl (C=O) groups is 1. The number of nitrogens with zero attached hydrogens (tertiary/aromatic N) is 1. The van der Waals surface area contributed by atoms with E-state index in [-0.39, 0.29) is 24.7 Å². The molecule has 1 saturated heterocycles. The van der Waals surface area contributed by atoms with E-state index in [1.165, 1.54) is 35.9 Å². The summed E-state index contributed by atoms with van der Waals surface area (Å²) in [6, 6.07) is 29.5. The summed E-state index contributed by atoms with van der Waals surface area (Å²) in [4.78, 5) is 25.4. The van der Waals surface area contributed by atoms with E-state index in [0.717, 1.165) is 16.7 Å². The van der Waals surface area contributed by atoms with Gasteiger partial charge in [-0.25, -0.2) is 0 Å². The van der Waals surface area contributed by atoms with Gasteiger partial charge in [-0.1, -0.05) is 84.4 Å². The third kappa shape index (κ3) is 7.94. The molecule has 0 bridgehead atoms. The summed E-state index contributed by atoms with van der Waals surface area (Å²) in [7, 11) is -4.27. The third-order valence-electron chi connectivity index (χ3n) is 7.38. The van der Waals surface area contributed by atoms with Crippen LogP contribution in [0.1, 0.15) is 29.8 Å². The number of benzene rings is 3. The molecule has 0 unspecified atom stereocenters. The number of carbonyl (C=O) groups excluding carboxylic acids is 1. The second-order valence-corrected chi connectivity index (χ2v) is 12.4. The Morgan fingerprint density at radius 1 is 0.844 bits per heavy atom. The molecule has 4 aromatic rings. The molecule has 5 rings (SSSR count). The zero-order valence-electron chi connectivity index (χ0n) is 25.0. The Bertz CT molecular complexity index is 1730. The molecule has 2 heterocycles. The van der Waals surface area contributed by atoms with Crippen molar-refractivity contribution in [1.29, 1.82) is 0 Å². The second kappa shape index (κ2) is 14.3. The third-order valence-corrected chi connectivity index (χ3v) is 8.66. The van der Waals surface area contributed by atoms with Crippen molar-refractivity contribution in [3.63, 3.8) is 0 Å². The van der Waals surface area contributed by atoms with Gasteiger partial charge in [0.1, 0.15) is 18.3 Å². The first-order chi connectivity index (χ1) is 21.7. The number of hydrogen-bond acceptors (Lipinski definition) is 9. The van der Waals surface area contributed by atoms with E-state index in [2.05, 4.69) is 0 Å². The standard InChI is InChI=1S/C34H35NO9S/c1-25-16-18-29(19-17-25)45(38,39)42-24-34(23-40-21-27-11-5-3-6-12-27)32(41-22-28-13-7-4-8-14-28)31(43-26(2)36)33(44-34)35-20-10-9-15-30(35)37/h3-20,31-33H,21-24H2,1-2H3/t31-,32+,33-,34+/m1/s1. The molecule has 1 aliphatic heterocycles. The quantitative estimate of drug-likeness (QED) is 0.154. The smallest absolute Gasteiger partial charge is 0.303 e. The van der Waals surface area contributed by atoms with Gasteiger partial charge >= 0.3 is 5.97 Å². The van der Waals surface area contributed by atoms with Crippen LogP contribution >= 0.6 is 0 Å². The Morgan fingerprint density at radius 2 is 1.47 bits per heavy atom. The van der Waals surface area contributed by atoms with E-state index in [4.69, 9.17) is 23.1 Å². The maximum Gasteiger partial charge on any atom is 0.303 e. The lowest BCUT2D eigenvalue weighted by Crippen LogP contribution is -2.53. The van der Waals surface area contributed by atoms with Crippen molar-refractivity contribution in [3.05, 3.63) is 136 Å². The molecule has 1 aliphatic rings. The molecule has 1 aromatic heterocycles. The van der Waals surface area contributed by atoms with Crippen molar-refractivity contribution in [1.82, 2.24) is 4.57 Å². The number of rotatable bonds is 13. The predicted octanol–water partition coefficient (Wildman–Crippen LogP) is 4.56. The normalized spacial score (nSPS) is 21.4. The molecular formula is C34H35NO9S. The van der Waals surface area contributed by atoms with Crippen LogP contribution in [0.2, 0.25) is 0 Å². The number of esters is 1. The van der Waals surface area contributed by atoms with E-state index >= 15 is 0 Å². The van der Waals surface area contributed by atoms with Crippen LogP contribution in [-0.4, -0.2) is 50.0 Å². The van der Waals surface area contributed by atoms with Gasteiger partial charge in [0.2, 0.25) is 0 Å². The molecule has 0 N–H and O–H groups in total. The summed E-state index contributed by atoms with van der Waals surface area (Å²) in [6.45, 7) is 2.53. The molecule has 45 heavy (non-hydrogen) atoms. The van der Waals surface area contributed by atoms with Crippen molar-refractivity contribution < 1.29 is 36.3 Å². The lowest BCUT2D eigenvalue weighted by atomic mass is 9.96. The van der Waals surface area contributed by atoms with Gasteiger partial charge in [-0.05, 0) is 36.2 Å². The topological polar surface area (TPSA) is 119 Å². The molecule has 0 spiro atoms. The molecule has 11 heteroatoms. The Hall–Kier alpha value is -4.13. The van der Waals surface area contributed by atoms with Gasteiger partial charge < -0.3 is 18.9 Å². The Labute approximate surface area is 262 Å². The largest absolute Gasteiger partial charge is 0.455 e. The second-order valence-electron chi connectivity index (χ2n) is 10.8. The van der Waals surface area contributed by atoms with Crippen molar-refractivity contribution in [2.75, 3.05) is 13.2 Å². The molecule has 0 saturated carbocycles. The van der Waals surface area contributed by atoms with E-state index in [9.17, 15) is 18.0 Å². The minimum absolute atomic E-state index is 0.0411. The van der Waals surface area contributed by atoms with Crippen LogP contribution in [0.5, 0.6) is 0 Å². The van der Waals surface area contributed by atoms with Crippen LogP contribution in [0.3, 0.4) is 0 Å². The van der Waals surface area contributed by atoms with Crippen LogP contribution in [0.4, 0.5) is 0 Å². The van der Waals surface area contributed by atoms with Crippen molar-refractivity contribution in [2.24, 2.45) is 0 Å². The number of ether oxygens (including phenoxy) is 4. The Kier molecular flexibility index (Phi) is 10.3. The van der Waals surface area contributed by atoms with Gasteiger partial charge in [0.15, 0.2) is 12.3 Å². The zero-order valence-corrected chi connectivity index (χ0v) is 25.8. The van der Waals surface area contributed by atoms with Crippen LogP contribution in [0, 0.1) is 6.92 Å². The van der Waals surface area contributed by atoms with E-state index < -0.39 is 52.3 Å². The fourth-order valence-electron chi connectivity index (χ4n) is 5.15. The van der Waals surface area contributed by atoms with E-state index in [1.807, 2.05) is 67.6 Å². The van der Waals surface area contributed by atoms with Crippen molar-refractivity contribution in [2.45, 2.75) is 56.0 Å². The highest BCUT2D eigenvalue weighted by Crippen LogP contribution is 2.42. The molecule has 0 radical (unpaired) electrons. The first-order valence-corrected chi connectivity index (χ1v) is 15.8. The summed E-state index contributed by atoms with van der Waals surface area (Å²) in [6.07, 6.45) is -1.97. The fraction of sp³-hybridized carbons (Fsp3) is 0.294. The summed E-state index contributed by atoms with van der Waals surface area (Å²) in [5, 5.41) is 0. The summed E-state index contributed by atoms with van der Waals surface area (Å²) < 4.78 is 58.6. The summed E-state index contributed by atoms with van der Waals surface area (Å²) in [5.74, 6) is -0.639. The van der Waals surface area contributed by atoms with Gasteiger partial charge in [-0.2, -0.15) is 8.42 Å². The molecular weight excluding hydrogens is 598 g/mol. The van der Waals surface area contributed by atoms with E-state index in [0.29, 0.717) is 0 Å². The Morgan fingerprint density at radius 3 is 2.09 bits per heavy atom. The number of aromatic nitrogens is 1. The van der Waals surface area contributed by atoms with Crippen LogP contribution in [-0.2, 0) is 51.3 Å². The average molecular weight is 634 g/mol. The molecule has 0 aliphatic carbocycles. The van der Waals surface area contributed by atoms with Gasteiger partial charge in [0, 0.05) is 19.2 Å². The number of aryl methyl sites for hydroxylation is 1. The van der Waals surface area contributed by atoms with Gasteiger partial charge in [-0.3, -0.25) is 18.3 Å². The average Bonchev–Trinajstić information content (AvgIpc) is 3.32. The zero-order chi connectivity index (χ0) is 31.9. The van der Waals surface area contributed by atoms with Crippen molar-refractivity contribution in [3.8, 4) is 0 Å². The summed E-state index contributed by atoms with van der Waals surface area (Å²) >= 11 is 0. The van der Waals surface area contributed by atoms with E-state index in [1.54, 1.807) is 24.3 Å². The highest BCUT2D eigenvalue weighted by molar-refractivity contribution is 7.86. The first-order valence-electron chi connectivity index (χ1n) is 14.4. The monoisotopic (exact) mass is 633 g/mol. The fourth-order valence-corrected chi connectivity index (χ4v) is 6.11. The number of hydrogen-bond donors (Lipinski definition) is 0. The van der Waals surface area contributed by atoms with Crippen molar-refractivity contribution >= 4 is 16.1 Å². The predicted molar refractivity (Wildman–Crippen MR) is 165 cm³/mol. The van der Waals surface area contributed by atoms with Gasteiger partial charge in [0.05, 0.1) is 24.7 Å². The molecule has 3 aromatic carbocycles. The first kappa shape index (κ1) is 32.3. The van der Waals surface area contributed by atoms with Crippen LogP contribution in [0.25, 0.3) is 0 Å².